The normalized spacial score (nSPS) is 12.2. The number of urea groups is 1. The minimum atomic E-state index is -0.0259. The fourth-order valence-electron chi connectivity index (χ4n) is 1.48. The molecule has 0 radical (unpaired) electrons. The van der Waals surface area contributed by atoms with Gasteiger partial charge in [-0.15, -0.1) is 0 Å². The number of nitrogens with one attached hydrogen (secondary N) is 2. The highest BCUT2D eigenvalue weighted by molar-refractivity contribution is 5.74. The van der Waals surface area contributed by atoms with Crippen molar-refractivity contribution in [3.05, 3.63) is 0 Å². The van der Waals surface area contributed by atoms with E-state index in [2.05, 4.69) is 24.5 Å². The standard InChI is InChI=1S/C11H24N2O/c1-4-7-9-10(8-5-2)13-11(14)12-6-3/h10H,4-9H2,1-3H3,(H2,12,13,14). The molecule has 0 bridgehead atoms. The molecular weight excluding hydrogens is 176 g/mol. The highest BCUT2D eigenvalue weighted by Gasteiger charge is 2.09. The van der Waals surface area contributed by atoms with E-state index in [-0.39, 0.29) is 6.03 Å². The molecule has 0 saturated heterocycles. The topological polar surface area (TPSA) is 41.1 Å². The fourth-order valence-corrected chi connectivity index (χ4v) is 1.48. The second-order valence-corrected chi connectivity index (χ2v) is 3.63. The van der Waals surface area contributed by atoms with Crippen molar-refractivity contribution in [1.82, 2.24) is 10.6 Å². The van der Waals surface area contributed by atoms with E-state index in [4.69, 9.17) is 0 Å². The zero-order chi connectivity index (χ0) is 10.8. The van der Waals surface area contributed by atoms with Crippen LogP contribution >= 0.6 is 0 Å². The van der Waals surface area contributed by atoms with E-state index in [1.165, 1.54) is 12.8 Å². The van der Waals surface area contributed by atoms with Crippen molar-refractivity contribution in [3.8, 4) is 0 Å². The maximum absolute atomic E-state index is 11.3. The minimum absolute atomic E-state index is 0.0259. The minimum Gasteiger partial charge on any atom is -0.338 e. The van der Waals surface area contributed by atoms with Crippen LogP contribution < -0.4 is 10.6 Å². The number of hydrogen-bond acceptors (Lipinski definition) is 1. The average Bonchev–Trinajstić information content (AvgIpc) is 2.15. The monoisotopic (exact) mass is 200 g/mol. The van der Waals surface area contributed by atoms with Crippen LogP contribution in [0.15, 0.2) is 0 Å². The van der Waals surface area contributed by atoms with E-state index in [0.717, 1.165) is 19.3 Å². The third kappa shape index (κ3) is 6.75. The summed E-state index contributed by atoms with van der Waals surface area (Å²) in [5, 5.41) is 5.76. The van der Waals surface area contributed by atoms with E-state index in [9.17, 15) is 4.79 Å². The Morgan fingerprint density at radius 2 is 1.86 bits per heavy atom. The first-order chi connectivity index (χ1) is 6.74. The molecule has 0 aromatic rings. The molecule has 3 heteroatoms. The maximum Gasteiger partial charge on any atom is 0.314 e. The Kier molecular flexibility index (Phi) is 8.39. The molecule has 2 amide bonds. The molecule has 2 N–H and O–H groups in total. The average molecular weight is 200 g/mol. The molecule has 14 heavy (non-hydrogen) atoms. The summed E-state index contributed by atoms with van der Waals surface area (Å²) >= 11 is 0. The number of hydrogen-bond donors (Lipinski definition) is 2. The summed E-state index contributed by atoms with van der Waals surface area (Å²) in [7, 11) is 0. The predicted molar refractivity (Wildman–Crippen MR) is 60.4 cm³/mol. The number of rotatable bonds is 7. The van der Waals surface area contributed by atoms with Crippen LogP contribution in [0, 0.1) is 0 Å². The Morgan fingerprint density at radius 3 is 2.36 bits per heavy atom. The van der Waals surface area contributed by atoms with Crippen molar-refractivity contribution in [1.29, 1.82) is 0 Å². The first-order valence-corrected chi connectivity index (χ1v) is 5.78. The molecule has 1 atom stereocenters. The molecule has 0 rings (SSSR count). The summed E-state index contributed by atoms with van der Waals surface area (Å²) < 4.78 is 0. The van der Waals surface area contributed by atoms with Crippen LogP contribution in [0.2, 0.25) is 0 Å². The van der Waals surface area contributed by atoms with Crippen molar-refractivity contribution in [2.24, 2.45) is 0 Å². The Morgan fingerprint density at radius 1 is 1.14 bits per heavy atom. The Balaban J connectivity index is 3.75. The lowest BCUT2D eigenvalue weighted by molar-refractivity contribution is 0.235. The van der Waals surface area contributed by atoms with Crippen molar-refractivity contribution in [2.45, 2.75) is 58.9 Å². The van der Waals surface area contributed by atoms with Gasteiger partial charge in [0.2, 0.25) is 0 Å². The Bertz CT molecular complexity index is 148. The van der Waals surface area contributed by atoms with Gasteiger partial charge in [0, 0.05) is 12.6 Å². The van der Waals surface area contributed by atoms with E-state index < -0.39 is 0 Å². The molecule has 0 aromatic heterocycles. The largest absolute Gasteiger partial charge is 0.338 e. The van der Waals surface area contributed by atoms with Gasteiger partial charge in [-0.25, -0.2) is 4.79 Å². The molecule has 3 nitrogen and oxygen atoms in total. The molecule has 0 aliphatic rings. The molecule has 0 fully saturated rings. The molecule has 1 unspecified atom stereocenters. The van der Waals surface area contributed by atoms with Gasteiger partial charge in [0.1, 0.15) is 0 Å². The van der Waals surface area contributed by atoms with Crippen LogP contribution in [0.25, 0.3) is 0 Å². The predicted octanol–water partition coefficient (Wildman–Crippen LogP) is 2.66. The van der Waals surface area contributed by atoms with E-state index in [0.29, 0.717) is 12.6 Å². The Hall–Kier alpha value is -0.730. The van der Waals surface area contributed by atoms with Gasteiger partial charge in [0.15, 0.2) is 0 Å². The zero-order valence-corrected chi connectivity index (χ0v) is 9.73. The third-order valence-electron chi connectivity index (χ3n) is 2.22. The Labute approximate surface area is 87.6 Å². The van der Waals surface area contributed by atoms with E-state index in [1.807, 2.05) is 6.92 Å². The lowest BCUT2D eigenvalue weighted by Crippen LogP contribution is -2.41. The summed E-state index contributed by atoms with van der Waals surface area (Å²) in [6.07, 6.45) is 5.69. The smallest absolute Gasteiger partial charge is 0.314 e. The summed E-state index contributed by atoms with van der Waals surface area (Å²) in [6, 6.07) is 0.327. The van der Waals surface area contributed by atoms with Crippen LogP contribution in [-0.4, -0.2) is 18.6 Å². The lowest BCUT2D eigenvalue weighted by Gasteiger charge is -2.17. The van der Waals surface area contributed by atoms with Crippen LogP contribution in [0.4, 0.5) is 4.79 Å². The van der Waals surface area contributed by atoms with Crippen LogP contribution in [0.5, 0.6) is 0 Å². The van der Waals surface area contributed by atoms with Gasteiger partial charge in [0.05, 0.1) is 0 Å². The number of carbonyl (C=O) groups is 1. The highest BCUT2D eigenvalue weighted by Crippen LogP contribution is 2.06. The second-order valence-electron chi connectivity index (χ2n) is 3.63. The zero-order valence-electron chi connectivity index (χ0n) is 9.73. The SMILES string of the molecule is CCCCC(CCC)NC(=O)NCC. The van der Waals surface area contributed by atoms with E-state index in [1.54, 1.807) is 0 Å². The van der Waals surface area contributed by atoms with Crippen molar-refractivity contribution < 1.29 is 4.79 Å². The maximum atomic E-state index is 11.3. The first-order valence-electron chi connectivity index (χ1n) is 5.78. The van der Waals surface area contributed by atoms with E-state index >= 15 is 0 Å². The number of unbranched alkanes of at least 4 members (excludes halogenated alkanes) is 1. The van der Waals surface area contributed by atoms with Gasteiger partial charge in [-0.05, 0) is 19.8 Å². The number of amides is 2. The van der Waals surface area contributed by atoms with Crippen LogP contribution in [0.3, 0.4) is 0 Å². The van der Waals surface area contributed by atoms with Crippen molar-refractivity contribution in [2.75, 3.05) is 6.54 Å². The lowest BCUT2D eigenvalue weighted by atomic mass is 10.1. The van der Waals surface area contributed by atoms with Gasteiger partial charge < -0.3 is 10.6 Å². The molecule has 0 heterocycles. The van der Waals surface area contributed by atoms with Gasteiger partial charge in [0.25, 0.3) is 0 Å². The third-order valence-corrected chi connectivity index (χ3v) is 2.22. The van der Waals surface area contributed by atoms with Crippen molar-refractivity contribution in [3.63, 3.8) is 0 Å². The molecule has 0 spiro atoms. The quantitative estimate of drug-likeness (QED) is 0.651. The summed E-state index contributed by atoms with van der Waals surface area (Å²) in [4.78, 5) is 11.3. The molecule has 0 saturated carbocycles. The van der Waals surface area contributed by atoms with Crippen molar-refractivity contribution >= 4 is 6.03 Å². The highest BCUT2D eigenvalue weighted by atomic mass is 16.2. The number of carbonyl (C=O) groups excluding carboxylic acids is 1. The molecule has 0 aliphatic heterocycles. The summed E-state index contributed by atoms with van der Waals surface area (Å²) in [5.74, 6) is 0. The van der Waals surface area contributed by atoms with Gasteiger partial charge >= 0.3 is 6.03 Å². The van der Waals surface area contributed by atoms with Gasteiger partial charge in [-0.3, -0.25) is 0 Å². The van der Waals surface area contributed by atoms with Crippen LogP contribution in [0.1, 0.15) is 52.9 Å². The molecule has 0 aromatic carbocycles. The summed E-state index contributed by atoms with van der Waals surface area (Å²) in [6.45, 7) is 6.95. The summed E-state index contributed by atoms with van der Waals surface area (Å²) in [5.41, 5.74) is 0. The van der Waals surface area contributed by atoms with Gasteiger partial charge in [-0.1, -0.05) is 33.1 Å². The van der Waals surface area contributed by atoms with Gasteiger partial charge in [-0.2, -0.15) is 0 Å². The second kappa shape index (κ2) is 8.85. The molecule has 84 valence electrons. The first kappa shape index (κ1) is 13.3. The molecular formula is C11H24N2O. The van der Waals surface area contributed by atoms with Crippen LogP contribution in [-0.2, 0) is 0 Å². The fraction of sp³-hybridized carbons (Fsp3) is 0.909. The molecule has 0 aliphatic carbocycles.